The average Bonchev–Trinajstić information content (AvgIpc) is 1.61. The number of fused-ring (bicyclic) bond motifs is 4. The molecule has 10 heteroatoms. The van der Waals surface area contributed by atoms with E-state index in [1.165, 1.54) is 85.7 Å². The highest BCUT2D eigenvalue weighted by atomic mass is 16.7. The van der Waals surface area contributed by atoms with Gasteiger partial charge in [0.25, 0.3) is 0 Å². The second kappa shape index (κ2) is 31.8. The molecule has 0 bridgehead atoms. The van der Waals surface area contributed by atoms with Gasteiger partial charge >= 0.3 is 12.3 Å². The minimum atomic E-state index is -0.647. The summed E-state index contributed by atoms with van der Waals surface area (Å²) in [5.74, 6) is 11.0. The van der Waals surface area contributed by atoms with Crippen LogP contribution in [0.4, 0.5) is 9.59 Å². The lowest BCUT2D eigenvalue weighted by molar-refractivity contribution is -0.0834. The number of benzene rings is 6. The van der Waals surface area contributed by atoms with E-state index in [9.17, 15) is 9.59 Å². The van der Waals surface area contributed by atoms with Crippen LogP contribution in [-0.2, 0) is 39.9 Å². The minimum Gasteiger partial charge on any atom is -0.488 e. The second-order valence-electron chi connectivity index (χ2n) is 31.5. The van der Waals surface area contributed by atoms with Crippen molar-refractivity contribution in [3.8, 4) is 28.7 Å². The predicted molar refractivity (Wildman–Crippen MR) is 389 cm³/mol. The number of methoxy groups -OCH3 is 1. The Morgan fingerprint density at radius 1 is 0.463 bits per heavy atom. The van der Waals surface area contributed by atoms with E-state index in [4.69, 9.17) is 37.9 Å². The van der Waals surface area contributed by atoms with Crippen molar-refractivity contribution in [2.45, 2.75) is 281 Å². The fraction of sp³-hybridized carbons (Fsp3) is 0.576. The molecule has 0 N–H and O–H groups in total. The fourth-order valence-electron chi connectivity index (χ4n) is 14.4. The third kappa shape index (κ3) is 19.0. The van der Waals surface area contributed by atoms with Crippen LogP contribution >= 0.6 is 0 Å². The zero-order valence-electron chi connectivity index (χ0n) is 62.2. The van der Waals surface area contributed by atoms with Crippen LogP contribution in [0.5, 0.6) is 28.7 Å². The molecule has 6 aliphatic rings. The summed E-state index contributed by atoms with van der Waals surface area (Å²) in [6.45, 7) is 45.6. The average molecular weight is 1300 g/mol. The van der Waals surface area contributed by atoms with E-state index >= 15 is 0 Å². The first-order valence-electron chi connectivity index (χ1n) is 36.2. The van der Waals surface area contributed by atoms with Gasteiger partial charge in [-0.2, -0.15) is 0 Å². The maximum Gasteiger partial charge on any atom is 0.514 e. The smallest absolute Gasteiger partial charge is 0.488 e. The van der Waals surface area contributed by atoms with Gasteiger partial charge in [0, 0.05) is 18.4 Å². The molecule has 1 fully saturated rings. The molecule has 11 atom stereocenters. The van der Waals surface area contributed by atoms with Crippen molar-refractivity contribution in [2.24, 2.45) is 29.6 Å². The van der Waals surface area contributed by atoms with Gasteiger partial charge in [-0.15, -0.1) is 0 Å². The minimum absolute atomic E-state index is 0.0423. The van der Waals surface area contributed by atoms with E-state index < -0.39 is 17.9 Å². The first-order valence-corrected chi connectivity index (χ1v) is 36.2. The van der Waals surface area contributed by atoms with Gasteiger partial charge in [0.15, 0.2) is 0 Å². The molecular formula is C85H118O10. The van der Waals surface area contributed by atoms with E-state index in [1.807, 2.05) is 45.0 Å². The Balaban J connectivity index is 0.000000152. The van der Waals surface area contributed by atoms with Gasteiger partial charge < -0.3 is 37.9 Å². The van der Waals surface area contributed by atoms with E-state index in [2.05, 4.69) is 203 Å². The van der Waals surface area contributed by atoms with E-state index in [0.717, 1.165) is 80.5 Å². The van der Waals surface area contributed by atoms with Crippen LogP contribution in [0.15, 0.2) is 103 Å². The molecule has 0 aromatic heterocycles. The molecule has 0 saturated heterocycles. The first kappa shape index (κ1) is 74.3. The molecule has 6 aliphatic carbocycles. The normalized spacial score (nSPS) is 23.3. The summed E-state index contributed by atoms with van der Waals surface area (Å²) < 4.78 is 44.7. The number of rotatable bonds is 13. The number of carbonyl (C=O) groups is 2. The Hall–Kier alpha value is -6.52. The maximum absolute atomic E-state index is 11.9. The van der Waals surface area contributed by atoms with E-state index in [0.29, 0.717) is 64.8 Å². The number of hydrogen-bond acceptors (Lipinski definition) is 10. The lowest BCUT2D eigenvalue weighted by Gasteiger charge is -2.26. The van der Waals surface area contributed by atoms with Gasteiger partial charge in [-0.3, -0.25) is 0 Å². The summed E-state index contributed by atoms with van der Waals surface area (Å²) in [4.78, 5) is 23.5. The van der Waals surface area contributed by atoms with Crippen LogP contribution in [-0.4, -0.2) is 48.6 Å². The van der Waals surface area contributed by atoms with Crippen LogP contribution in [0.25, 0.3) is 10.8 Å². The van der Waals surface area contributed by atoms with Gasteiger partial charge in [0.05, 0.1) is 0 Å². The molecule has 0 radical (unpaired) electrons. The van der Waals surface area contributed by atoms with Gasteiger partial charge in [-0.1, -0.05) is 152 Å². The quantitative estimate of drug-likeness (QED) is 0.0630. The lowest BCUT2D eigenvalue weighted by atomic mass is 9.94. The molecule has 6 aromatic rings. The second-order valence-corrected chi connectivity index (χ2v) is 31.5. The third-order valence-electron chi connectivity index (χ3n) is 21.9. The Bertz CT molecular complexity index is 3530. The molecule has 6 aromatic carbocycles. The molecule has 12 rings (SSSR count). The molecule has 11 unspecified atom stereocenters. The van der Waals surface area contributed by atoms with Gasteiger partial charge in [0.1, 0.15) is 51.7 Å². The fourth-order valence-corrected chi connectivity index (χ4v) is 14.4. The van der Waals surface area contributed by atoms with Crippen molar-refractivity contribution >= 4 is 23.1 Å². The van der Waals surface area contributed by atoms with Crippen molar-refractivity contribution in [1.29, 1.82) is 0 Å². The van der Waals surface area contributed by atoms with E-state index in [1.54, 1.807) is 7.11 Å². The zero-order chi connectivity index (χ0) is 69.4. The molecule has 0 spiro atoms. The van der Waals surface area contributed by atoms with Crippen molar-refractivity contribution in [1.82, 2.24) is 0 Å². The van der Waals surface area contributed by atoms with Crippen molar-refractivity contribution in [3.05, 3.63) is 159 Å². The summed E-state index contributed by atoms with van der Waals surface area (Å²) in [5.41, 5.74) is 13.5. The first-order chi connectivity index (χ1) is 44.8. The van der Waals surface area contributed by atoms with Crippen molar-refractivity contribution in [3.63, 3.8) is 0 Å². The predicted octanol–water partition coefficient (Wildman–Crippen LogP) is 23.3. The lowest BCUT2D eigenvalue weighted by Crippen LogP contribution is -2.26. The van der Waals surface area contributed by atoms with Crippen molar-refractivity contribution in [2.75, 3.05) is 7.11 Å². The molecule has 0 heterocycles. The molecule has 10 nitrogen and oxygen atoms in total. The third-order valence-corrected chi connectivity index (χ3v) is 21.9. The Morgan fingerprint density at radius 2 is 0.905 bits per heavy atom. The largest absolute Gasteiger partial charge is 0.514 e. The van der Waals surface area contributed by atoms with Crippen LogP contribution in [0.2, 0.25) is 0 Å². The highest BCUT2D eigenvalue weighted by Gasteiger charge is 2.33. The maximum atomic E-state index is 11.9. The summed E-state index contributed by atoms with van der Waals surface area (Å²) in [6, 6.07) is 36.0. The van der Waals surface area contributed by atoms with Crippen molar-refractivity contribution < 1.29 is 47.5 Å². The molecule has 0 amide bonds. The SMILES string of the molecule is CC1Cc2cc(OC(=O)OC(C)(C)C)ccc2C1C.CC1Cc2cc(OC(=O)OC3CCCCC3)ccc2C1C.CCC(C)(C)Oc1ccc2c(c1)CC(C)C2C.CCC(C)(C)Oc1ccc2c3c(cccc13)C(C)C2C.COC(Oc1ccc2c(c1)C(C)C(C)C2)C(C)C. The molecule has 1 saturated carbocycles. The van der Waals surface area contributed by atoms with Crippen LogP contribution in [0.3, 0.4) is 0 Å². The Morgan fingerprint density at radius 3 is 1.40 bits per heavy atom. The Kier molecular flexibility index (Phi) is 24.8. The molecule has 518 valence electrons. The Labute approximate surface area is 572 Å². The molecule has 95 heavy (non-hydrogen) atoms. The standard InChI is InChI=1S/C19H24O.C18H24O3.C16H22O3.C16H24O2.C16H24O/c1-6-19(4,5)20-17-11-10-15-13(3)12(2)14-8-7-9-16(17)18(14)15;1-12-10-14-11-16(8-9-17(14)13(12)2)21-18(19)20-15-6-4-3-5-7-15;1-10-8-12-9-13(6-7-14(12)11(10)2)18-15(17)19-16(3,4)5;1-10(2)16(17-5)18-14-7-6-13-8-11(3)12(4)15(13)9-14;1-6-16(4,5)17-14-7-8-15-12(3)11(2)9-13(15)10-14/h7-13H,6H2,1-5H3;8-9,11-13,15H,3-7,10H2,1-2H3;6-7,9-11H,8H2,1-5H3;6-7,9-12,16H,8H2,1-5H3;7-8,10-12H,6,9H2,1-5H3. The van der Waals surface area contributed by atoms with Crippen LogP contribution in [0, 0.1) is 29.6 Å². The number of ether oxygens (including phenoxy) is 8. The summed E-state index contributed by atoms with van der Waals surface area (Å²) in [5, 5.41) is 2.70. The summed E-state index contributed by atoms with van der Waals surface area (Å²) in [6.07, 6.45) is 10.7. The van der Waals surface area contributed by atoms with Crippen LogP contribution in [0.1, 0.15) is 281 Å². The van der Waals surface area contributed by atoms with Crippen LogP contribution < -0.4 is 23.7 Å². The van der Waals surface area contributed by atoms with Gasteiger partial charge in [-0.05, 0) is 287 Å². The number of hydrogen-bond donors (Lipinski definition) is 0. The zero-order valence-corrected chi connectivity index (χ0v) is 62.2. The highest BCUT2D eigenvalue weighted by Crippen LogP contribution is 2.49. The summed E-state index contributed by atoms with van der Waals surface area (Å²) >= 11 is 0. The molecule has 0 aliphatic heterocycles. The molecular weight excluding hydrogens is 1180 g/mol. The monoisotopic (exact) mass is 1300 g/mol. The number of carbonyl (C=O) groups excluding carboxylic acids is 2. The van der Waals surface area contributed by atoms with E-state index in [-0.39, 0.29) is 23.6 Å². The highest BCUT2D eigenvalue weighted by molar-refractivity contribution is 5.96. The van der Waals surface area contributed by atoms with Gasteiger partial charge in [-0.25, -0.2) is 9.59 Å². The van der Waals surface area contributed by atoms with Gasteiger partial charge in [0.2, 0.25) is 6.29 Å². The topological polar surface area (TPSA) is 108 Å². The summed E-state index contributed by atoms with van der Waals surface area (Å²) in [7, 11) is 1.70.